The van der Waals surface area contributed by atoms with E-state index in [1.165, 1.54) is 17.0 Å². The molecule has 0 radical (unpaired) electrons. The Labute approximate surface area is 221 Å². The normalized spacial score (nSPS) is 11.3. The fourth-order valence-electron chi connectivity index (χ4n) is 3.99. The molecule has 0 aliphatic rings. The lowest BCUT2D eigenvalue weighted by molar-refractivity contribution is -0.137. The number of nitrogens with one attached hydrogen (secondary N) is 2. The third-order valence-electron chi connectivity index (χ3n) is 5.95. The van der Waals surface area contributed by atoms with Gasteiger partial charge in [0.15, 0.2) is 0 Å². The number of pyridine rings is 1. The van der Waals surface area contributed by atoms with Gasteiger partial charge in [0.05, 0.1) is 23.3 Å². The molecular weight excluding hydrogens is 507 g/mol. The van der Waals surface area contributed by atoms with Crippen LogP contribution >= 0.6 is 0 Å². The van der Waals surface area contributed by atoms with Crippen molar-refractivity contribution in [3.05, 3.63) is 108 Å². The first-order valence-electron chi connectivity index (χ1n) is 11.8. The molecule has 196 valence electrons. The van der Waals surface area contributed by atoms with E-state index < -0.39 is 17.6 Å². The van der Waals surface area contributed by atoms with E-state index in [1.807, 2.05) is 6.07 Å². The number of amides is 1. The first-order valence-corrected chi connectivity index (χ1v) is 11.8. The molecule has 0 atom stereocenters. The molecule has 3 aromatic heterocycles. The molecule has 2 N–H and O–H groups in total. The molecule has 0 aliphatic carbocycles. The van der Waals surface area contributed by atoms with E-state index in [2.05, 4.69) is 30.6 Å². The minimum atomic E-state index is -4.60. The van der Waals surface area contributed by atoms with Gasteiger partial charge in [0.1, 0.15) is 0 Å². The number of hydrogen-bond acceptors (Lipinski definition) is 6. The van der Waals surface area contributed by atoms with Crippen molar-refractivity contribution in [3.63, 3.8) is 0 Å². The number of aryl methyl sites for hydroxylation is 1. The second kappa shape index (κ2) is 10.4. The Kier molecular flexibility index (Phi) is 6.80. The molecule has 0 saturated carbocycles. The highest BCUT2D eigenvalue weighted by Gasteiger charge is 2.31. The van der Waals surface area contributed by atoms with Gasteiger partial charge in [-0.3, -0.25) is 9.78 Å². The van der Waals surface area contributed by atoms with Crippen LogP contribution in [0.15, 0.2) is 85.7 Å². The van der Waals surface area contributed by atoms with Crippen LogP contribution in [0.2, 0.25) is 0 Å². The van der Waals surface area contributed by atoms with Crippen LogP contribution in [0.5, 0.6) is 0 Å². The van der Waals surface area contributed by atoms with Gasteiger partial charge in [-0.2, -0.15) is 13.2 Å². The van der Waals surface area contributed by atoms with Gasteiger partial charge >= 0.3 is 6.18 Å². The molecule has 0 bridgehead atoms. The molecule has 0 aliphatic heterocycles. The summed E-state index contributed by atoms with van der Waals surface area (Å²) in [4.78, 5) is 30.2. The van der Waals surface area contributed by atoms with Crippen molar-refractivity contribution < 1.29 is 18.0 Å². The number of hydrogen-bond donors (Lipinski definition) is 2. The minimum absolute atomic E-state index is 0.00134. The molecule has 0 spiro atoms. The SMILES string of the molecule is Cc1cn(-c2cc(NC(=O)c3cccc(Nc4nccc(-c5cccnc5)n4)c3C)cc(C(F)(F)F)c2)cn1. The molecule has 5 aromatic rings. The van der Waals surface area contributed by atoms with Crippen LogP contribution in [0.3, 0.4) is 0 Å². The Morgan fingerprint density at radius 1 is 0.974 bits per heavy atom. The highest BCUT2D eigenvalue weighted by Crippen LogP contribution is 2.33. The summed E-state index contributed by atoms with van der Waals surface area (Å²) >= 11 is 0. The smallest absolute Gasteiger partial charge is 0.324 e. The van der Waals surface area contributed by atoms with Crippen molar-refractivity contribution in [2.75, 3.05) is 10.6 Å². The average molecular weight is 530 g/mol. The molecule has 5 rings (SSSR count). The van der Waals surface area contributed by atoms with Gasteiger partial charge in [-0.05, 0) is 67.9 Å². The van der Waals surface area contributed by atoms with Crippen LogP contribution in [0, 0.1) is 13.8 Å². The molecule has 11 heteroatoms. The molecule has 2 aromatic carbocycles. The van der Waals surface area contributed by atoms with E-state index in [-0.39, 0.29) is 16.9 Å². The summed E-state index contributed by atoms with van der Waals surface area (Å²) in [6, 6.07) is 13.8. The molecule has 0 fully saturated rings. The molecule has 0 saturated heterocycles. The number of halogens is 3. The number of alkyl halides is 3. The van der Waals surface area contributed by atoms with Crippen molar-refractivity contribution in [3.8, 4) is 16.9 Å². The van der Waals surface area contributed by atoms with E-state index in [0.717, 1.165) is 17.7 Å². The monoisotopic (exact) mass is 529 g/mol. The van der Waals surface area contributed by atoms with Crippen molar-refractivity contribution in [2.45, 2.75) is 20.0 Å². The maximum atomic E-state index is 13.6. The zero-order valence-electron chi connectivity index (χ0n) is 20.9. The largest absolute Gasteiger partial charge is 0.416 e. The number of rotatable bonds is 6. The third-order valence-corrected chi connectivity index (χ3v) is 5.95. The van der Waals surface area contributed by atoms with E-state index >= 15 is 0 Å². The Bertz CT molecular complexity index is 1650. The average Bonchev–Trinajstić information content (AvgIpc) is 3.36. The van der Waals surface area contributed by atoms with Crippen LogP contribution in [0.1, 0.15) is 27.2 Å². The number of nitrogens with zero attached hydrogens (tertiary/aromatic N) is 5. The van der Waals surface area contributed by atoms with E-state index in [4.69, 9.17) is 0 Å². The van der Waals surface area contributed by atoms with Gasteiger partial charge in [-0.15, -0.1) is 0 Å². The number of anilines is 3. The molecular formula is C28H22F3N7O. The number of imidazole rings is 1. The van der Waals surface area contributed by atoms with Crippen LogP contribution in [0.4, 0.5) is 30.5 Å². The lowest BCUT2D eigenvalue weighted by Gasteiger charge is -2.15. The van der Waals surface area contributed by atoms with E-state index in [0.29, 0.717) is 28.6 Å². The van der Waals surface area contributed by atoms with Gasteiger partial charge in [0, 0.05) is 53.0 Å². The first kappa shape index (κ1) is 25.6. The second-order valence-corrected chi connectivity index (χ2v) is 8.75. The summed E-state index contributed by atoms with van der Waals surface area (Å²) < 4.78 is 42.4. The van der Waals surface area contributed by atoms with Crippen molar-refractivity contribution >= 4 is 23.2 Å². The molecule has 8 nitrogen and oxygen atoms in total. The van der Waals surface area contributed by atoms with E-state index in [1.54, 1.807) is 69.0 Å². The van der Waals surface area contributed by atoms with Gasteiger partial charge < -0.3 is 15.2 Å². The third kappa shape index (κ3) is 5.77. The Morgan fingerprint density at radius 3 is 2.54 bits per heavy atom. The van der Waals surface area contributed by atoms with Crippen molar-refractivity contribution in [1.29, 1.82) is 0 Å². The second-order valence-electron chi connectivity index (χ2n) is 8.75. The molecule has 3 heterocycles. The Hall–Kier alpha value is -5.06. The van der Waals surface area contributed by atoms with Crippen LogP contribution in [0.25, 0.3) is 16.9 Å². The lowest BCUT2D eigenvalue weighted by atomic mass is 10.1. The minimum Gasteiger partial charge on any atom is -0.324 e. The quantitative estimate of drug-likeness (QED) is 0.266. The summed E-state index contributed by atoms with van der Waals surface area (Å²) in [5, 5.41) is 5.73. The number of benzene rings is 2. The standard InChI is InChI=1S/C28H22F3N7O/c1-17-15-38(16-34-17)22-12-20(28(29,30)31)11-21(13-22)35-26(39)23-6-3-7-24(18(23)2)36-27-33-10-8-25(37-27)19-5-4-9-32-14-19/h3-16H,1-2H3,(H,35,39)(H,33,36,37). The van der Waals surface area contributed by atoms with Gasteiger partial charge in [0.2, 0.25) is 5.95 Å². The van der Waals surface area contributed by atoms with Crippen LogP contribution in [-0.4, -0.2) is 30.4 Å². The number of aromatic nitrogens is 5. The predicted molar refractivity (Wildman–Crippen MR) is 141 cm³/mol. The summed E-state index contributed by atoms with van der Waals surface area (Å²) in [6.07, 6.45) is 3.39. The highest BCUT2D eigenvalue weighted by molar-refractivity contribution is 6.06. The maximum Gasteiger partial charge on any atom is 0.416 e. The molecule has 39 heavy (non-hydrogen) atoms. The van der Waals surface area contributed by atoms with Gasteiger partial charge in [-0.25, -0.2) is 15.0 Å². The zero-order valence-corrected chi connectivity index (χ0v) is 20.9. The Balaban J connectivity index is 1.42. The summed E-state index contributed by atoms with van der Waals surface area (Å²) in [5.41, 5.74) is 2.89. The lowest BCUT2D eigenvalue weighted by Crippen LogP contribution is -2.16. The Morgan fingerprint density at radius 2 is 1.82 bits per heavy atom. The fourth-order valence-corrected chi connectivity index (χ4v) is 3.99. The molecule has 0 unspecified atom stereocenters. The topological polar surface area (TPSA) is 97.6 Å². The summed E-state index contributed by atoms with van der Waals surface area (Å²) in [6.45, 7) is 3.46. The first-order chi connectivity index (χ1) is 18.7. The predicted octanol–water partition coefficient (Wildman–Crippen LogP) is 6.36. The fraction of sp³-hybridized carbons (Fsp3) is 0.107. The summed E-state index contributed by atoms with van der Waals surface area (Å²) in [5.74, 6) is -0.247. The molecule has 1 amide bonds. The maximum absolute atomic E-state index is 13.6. The van der Waals surface area contributed by atoms with Gasteiger partial charge in [0.25, 0.3) is 5.91 Å². The van der Waals surface area contributed by atoms with Crippen molar-refractivity contribution in [2.24, 2.45) is 0 Å². The van der Waals surface area contributed by atoms with E-state index in [9.17, 15) is 18.0 Å². The highest BCUT2D eigenvalue weighted by atomic mass is 19.4. The summed E-state index contributed by atoms with van der Waals surface area (Å²) in [7, 11) is 0. The van der Waals surface area contributed by atoms with Crippen LogP contribution in [-0.2, 0) is 6.18 Å². The van der Waals surface area contributed by atoms with Crippen LogP contribution < -0.4 is 10.6 Å². The number of carbonyl (C=O) groups is 1. The van der Waals surface area contributed by atoms with Gasteiger partial charge in [-0.1, -0.05) is 6.07 Å². The zero-order chi connectivity index (χ0) is 27.6. The number of carbonyl (C=O) groups excluding carboxylic acids is 1. The van der Waals surface area contributed by atoms with Crippen molar-refractivity contribution in [1.82, 2.24) is 24.5 Å².